The van der Waals surface area contributed by atoms with Crippen LogP contribution in [0.5, 0.6) is 0 Å². The topological polar surface area (TPSA) is 28.7 Å². The Morgan fingerprint density at radius 3 is 3.00 bits per heavy atom. The summed E-state index contributed by atoms with van der Waals surface area (Å²) < 4.78 is 0. The maximum atomic E-state index is 5.52. The van der Waals surface area contributed by atoms with Crippen molar-refractivity contribution in [2.45, 2.75) is 19.3 Å². The normalized spacial score (nSPS) is 10.1. The van der Waals surface area contributed by atoms with Crippen molar-refractivity contribution in [3.05, 3.63) is 18.2 Å². The molecule has 0 aliphatic carbocycles. The molecule has 56 valence electrons. The van der Waals surface area contributed by atoms with Crippen LogP contribution in [0.25, 0.3) is 0 Å². The van der Waals surface area contributed by atoms with Gasteiger partial charge in [0.2, 0.25) is 0 Å². The molecule has 0 fully saturated rings. The molecule has 0 atom stereocenters. The Morgan fingerprint density at radius 1 is 1.50 bits per heavy atom. The quantitative estimate of drug-likeness (QED) is 0.527. The van der Waals surface area contributed by atoms with Gasteiger partial charge >= 0.3 is 0 Å². The second-order valence-corrected chi connectivity index (χ2v) is 2.60. The largest absolute Gasteiger partial charge is 0.348 e. The van der Waals surface area contributed by atoms with Gasteiger partial charge in [-0.2, -0.15) is 0 Å². The molecule has 0 saturated heterocycles. The zero-order chi connectivity index (χ0) is 7.23. The fourth-order valence-corrected chi connectivity index (χ4v) is 1.02. The van der Waals surface area contributed by atoms with Crippen LogP contribution in [0.4, 0.5) is 0 Å². The third-order valence-electron chi connectivity index (χ3n) is 1.38. The van der Waals surface area contributed by atoms with Gasteiger partial charge in [0.15, 0.2) is 0 Å². The molecule has 0 saturated carbocycles. The summed E-state index contributed by atoms with van der Waals surface area (Å²) >= 11 is 5.52. The fraction of sp³-hybridized carbons (Fsp3) is 0.571. The lowest BCUT2D eigenvalue weighted by atomic mass is 10.2. The lowest BCUT2D eigenvalue weighted by Crippen LogP contribution is -1.85. The second-order valence-electron chi connectivity index (χ2n) is 2.22. The summed E-state index contributed by atoms with van der Waals surface area (Å²) in [6.45, 7) is 0. The minimum Gasteiger partial charge on any atom is -0.348 e. The van der Waals surface area contributed by atoms with Crippen molar-refractivity contribution in [2.24, 2.45) is 0 Å². The molecule has 0 aliphatic heterocycles. The van der Waals surface area contributed by atoms with Crippen LogP contribution >= 0.6 is 11.6 Å². The molecule has 3 heteroatoms. The maximum Gasteiger partial charge on any atom is 0.0921 e. The molecule has 0 aromatic carbocycles. The van der Waals surface area contributed by atoms with Gasteiger partial charge in [0.25, 0.3) is 0 Å². The molecule has 0 bridgehead atoms. The first-order valence-corrected chi connectivity index (χ1v) is 4.00. The van der Waals surface area contributed by atoms with Crippen molar-refractivity contribution in [3.63, 3.8) is 0 Å². The van der Waals surface area contributed by atoms with E-state index in [0.717, 1.165) is 25.1 Å². The Balaban J connectivity index is 2.15. The number of nitrogens with one attached hydrogen (secondary N) is 1. The first-order chi connectivity index (χ1) is 4.93. The number of halogens is 1. The average molecular weight is 159 g/mol. The molecule has 1 aromatic rings. The van der Waals surface area contributed by atoms with Crippen molar-refractivity contribution >= 4 is 11.6 Å². The predicted molar refractivity (Wildman–Crippen MR) is 42.2 cm³/mol. The zero-order valence-electron chi connectivity index (χ0n) is 5.81. The van der Waals surface area contributed by atoms with Crippen molar-refractivity contribution in [3.8, 4) is 0 Å². The predicted octanol–water partition coefficient (Wildman–Crippen LogP) is 1.97. The number of hydrogen-bond acceptors (Lipinski definition) is 1. The number of alkyl halides is 1. The van der Waals surface area contributed by atoms with Crippen LogP contribution in [-0.2, 0) is 6.42 Å². The molecule has 0 unspecified atom stereocenters. The molecule has 1 N–H and O–H groups in total. The number of rotatable bonds is 4. The molecule has 2 nitrogen and oxygen atoms in total. The number of unbranched alkanes of at least 4 members (excludes halogenated alkanes) is 1. The molecular weight excluding hydrogens is 148 g/mol. The number of nitrogens with zero attached hydrogens (tertiary/aromatic N) is 1. The maximum absolute atomic E-state index is 5.52. The van der Waals surface area contributed by atoms with Gasteiger partial charge in [-0.25, -0.2) is 4.98 Å². The van der Waals surface area contributed by atoms with Crippen LogP contribution < -0.4 is 0 Å². The number of aromatic nitrogens is 2. The summed E-state index contributed by atoms with van der Waals surface area (Å²) in [6, 6.07) is 0. The van der Waals surface area contributed by atoms with Gasteiger partial charge in [0.1, 0.15) is 0 Å². The van der Waals surface area contributed by atoms with Crippen LogP contribution in [0, 0.1) is 0 Å². The van der Waals surface area contributed by atoms with Gasteiger partial charge in [-0.05, 0) is 19.3 Å². The van der Waals surface area contributed by atoms with Crippen molar-refractivity contribution < 1.29 is 0 Å². The summed E-state index contributed by atoms with van der Waals surface area (Å²) in [5, 5.41) is 0. The van der Waals surface area contributed by atoms with Gasteiger partial charge in [-0.3, -0.25) is 0 Å². The average Bonchev–Trinajstić information content (AvgIpc) is 2.41. The van der Waals surface area contributed by atoms with Crippen LogP contribution in [0.1, 0.15) is 18.5 Å². The first kappa shape index (κ1) is 7.61. The Labute approximate surface area is 65.6 Å². The molecular formula is C7H11ClN2. The van der Waals surface area contributed by atoms with Crippen molar-refractivity contribution in [1.82, 2.24) is 9.97 Å². The monoisotopic (exact) mass is 158 g/mol. The first-order valence-electron chi connectivity index (χ1n) is 3.46. The van der Waals surface area contributed by atoms with Crippen molar-refractivity contribution in [2.75, 3.05) is 5.88 Å². The molecule has 0 aliphatic rings. The minimum absolute atomic E-state index is 0.758. The minimum atomic E-state index is 0.758. The van der Waals surface area contributed by atoms with Crippen LogP contribution in [0.2, 0.25) is 0 Å². The van der Waals surface area contributed by atoms with Crippen molar-refractivity contribution in [1.29, 1.82) is 0 Å². The molecule has 0 radical (unpaired) electrons. The van der Waals surface area contributed by atoms with E-state index in [1.165, 1.54) is 5.69 Å². The van der Waals surface area contributed by atoms with E-state index in [1.807, 2.05) is 6.20 Å². The molecule has 1 aromatic heterocycles. The van der Waals surface area contributed by atoms with E-state index in [1.54, 1.807) is 6.33 Å². The molecule has 0 spiro atoms. The highest BCUT2D eigenvalue weighted by Gasteiger charge is 1.91. The SMILES string of the molecule is ClCCCCc1cnc[nH]1. The van der Waals surface area contributed by atoms with Crippen LogP contribution in [0.15, 0.2) is 12.5 Å². The summed E-state index contributed by atoms with van der Waals surface area (Å²) in [6.07, 6.45) is 6.85. The highest BCUT2D eigenvalue weighted by Crippen LogP contribution is 2.00. The zero-order valence-corrected chi connectivity index (χ0v) is 6.56. The van der Waals surface area contributed by atoms with Crippen LogP contribution in [0.3, 0.4) is 0 Å². The number of aryl methyl sites for hydroxylation is 1. The fourth-order valence-electron chi connectivity index (χ4n) is 0.831. The lowest BCUT2D eigenvalue weighted by molar-refractivity contribution is 0.785. The Bertz CT molecular complexity index is 160. The number of H-pyrrole nitrogens is 1. The van der Waals surface area contributed by atoms with E-state index in [-0.39, 0.29) is 0 Å². The summed E-state index contributed by atoms with van der Waals surface area (Å²) in [5.74, 6) is 0.758. The third-order valence-corrected chi connectivity index (χ3v) is 1.65. The van der Waals surface area contributed by atoms with E-state index in [0.29, 0.717) is 0 Å². The van der Waals surface area contributed by atoms with E-state index < -0.39 is 0 Å². The van der Waals surface area contributed by atoms with Gasteiger partial charge < -0.3 is 4.98 Å². The van der Waals surface area contributed by atoms with E-state index in [4.69, 9.17) is 11.6 Å². The number of imidazole rings is 1. The lowest BCUT2D eigenvalue weighted by Gasteiger charge is -1.92. The van der Waals surface area contributed by atoms with Gasteiger partial charge in [-0.1, -0.05) is 0 Å². The molecule has 1 rings (SSSR count). The van der Waals surface area contributed by atoms with E-state index in [2.05, 4.69) is 9.97 Å². The molecule has 0 amide bonds. The Morgan fingerprint density at radius 2 is 2.40 bits per heavy atom. The molecule has 1 heterocycles. The Hall–Kier alpha value is -0.500. The summed E-state index contributed by atoms with van der Waals surface area (Å²) in [4.78, 5) is 6.95. The standard InChI is InChI=1S/C7H11ClN2/c8-4-2-1-3-7-5-9-6-10-7/h5-6H,1-4H2,(H,9,10). The van der Waals surface area contributed by atoms with Crippen LogP contribution in [-0.4, -0.2) is 15.8 Å². The highest BCUT2D eigenvalue weighted by atomic mass is 35.5. The molecule has 10 heavy (non-hydrogen) atoms. The summed E-state index contributed by atoms with van der Waals surface area (Å²) in [5.41, 5.74) is 1.20. The highest BCUT2D eigenvalue weighted by molar-refractivity contribution is 6.17. The van der Waals surface area contributed by atoms with E-state index >= 15 is 0 Å². The Kier molecular flexibility index (Phi) is 3.30. The van der Waals surface area contributed by atoms with Gasteiger partial charge in [0, 0.05) is 17.8 Å². The van der Waals surface area contributed by atoms with Gasteiger partial charge in [0.05, 0.1) is 6.33 Å². The third kappa shape index (κ3) is 2.40. The summed E-state index contributed by atoms with van der Waals surface area (Å²) in [7, 11) is 0. The number of aromatic amines is 1. The van der Waals surface area contributed by atoms with E-state index in [9.17, 15) is 0 Å². The second kappa shape index (κ2) is 4.34. The smallest absolute Gasteiger partial charge is 0.0921 e. The number of hydrogen-bond donors (Lipinski definition) is 1. The van der Waals surface area contributed by atoms with Gasteiger partial charge in [-0.15, -0.1) is 11.6 Å².